The van der Waals surface area contributed by atoms with Crippen molar-refractivity contribution >= 4 is 26.5 Å². The number of pyridine rings is 2. The minimum atomic E-state index is -4.54. The third-order valence-corrected chi connectivity index (χ3v) is 6.35. The molecular formula is C18H15F3N4O2S. The topological polar surface area (TPSA) is 69.3 Å². The summed E-state index contributed by atoms with van der Waals surface area (Å²) < 4.78 is 67.5. The highest BCUT2D eigenvalue weighted by Gasteiger charge is 2.32. The van der Waals surface area contributed by atoms with Gasteiger partial charge in [0.05, 0.1) is 16.2 Å². The number of rotatable bonds is 3. The summed E-state index contributed by atoms with van der Waals surface area (Å²) in [6.07, 6.45) is -2.11. The second kappa shape index (κ2) is 6.06. The number of fused-ring (bicyclic) bond motifs is 2. The van der Waals surface area contributed by atoms with Gasteiger partial charge in [-0.25, -0.2) is 18.4 Å². The maximum atomic E-state index is 13.0. The van der Waals surface area contributed by atoms with Crippen molar-refractivity contribution in [2.24, 2.45) is 7.05 Å². The van der Waals surface area contributed by atoms with Crippen LogP contribution in [-0.4, -0.2) is 33.1 Å². The quantitative estimate of drug-likeness (QED) is 0.518. The van der Waals surface area contributed by atoms with Crippen molar-refractivity contribution in [1.82, 2.24) is 18.9 Å². The largest absolute Gasteiger partial charge is 0.417 e. The molecule has 0 aliphatic heterocycles. The fourth-order valence-corrected chi connectivity index (χ4v) is 4.25. The lowest BCUT2D eigenvalue weighted by molar-refractivity contribution is -0.137. The van der Waals surface area contributed by atoms with E-state index in [-0.39, 0.29) is 27.6 Å². The van der Waals surface area contributed by atoms with Gasteiger partial charge in [0.1, 0.15) is 11.2 Å². The monoisotopic (exact) mass is 408 g/mol. The highest BCUT2D eigenvalue weighted by molar-refractivity contribution is 7.91. The van der Waals surface area contributed by atoms with Crippen LogP contribution in [0.1, 0.15) is 12.5 Å². The molecule has 0 radical (unpaired) electrons. The van der Waals surface area contributed by atoms with Gasteiger partial charge in [-0.15, -0.1) is 0 Å². The number of alkyl halides is 3. The lowest BCUT2D eigenvalue weighted by Gasteiger charge is -2.07. The molecule has 0 bridgehead atoms. The van der Waals surface area contributed by atoms with Crippen LogP contribution in [0.3, 0.4) is 0 Å². The molecule has 0 amide bonds. The number of aromatic nitrogens is 4. The van der Waals surface area contributed by atoms with Crippen molar-refractivity contribution in [2.45, 2.75) is 18.0 Å². The van der Waals surface area contributed by atoms with Gasteiger partial charge in [0.2, 0.25) is 0 Å². The van der Waals surface area contributed by atoms with Gasteiger partial charge in [0, 0.05) is 25.0 Å². The standard InChI is InChI=1S/C18H15F3N4O2S/c1-3-28(26,27)14-9-12-6-4-5-7-25(12)15(14)17-23-13-8-11(18(19,20)21)10-22-16(13)24(17)2/h4-10H,3H2,1-2H3. The van der Waals surface area contributed by atoms with Gasteiger partial charge in [0.15, 0.2) is 21.3 Å². The number of hydrogen-bond acceptors (Lipinski definition) is 4. The lowest BCUT2D eigenvalue weighted by Crippen LogP contribution is -2.07. The fraction of sp³-hybridized carbons (Fsp3) is 0.222. The van der Waals surface area contributed by atoms with E-state index < -0.39 is 21.6 Å². The molecule has 0 unspecified atom stereocenters. The molecule has 0 atom stereocenters. The Bertz CT molecular complexity index is 1320. The maximum absolute atomic E-state index is 13.0. The third-order valence-electron chi connectivity index (χ3n) is 4.61. The summed E-state index contributed by atoms with van der Waals surface area (Å²) in [4.78, 5) is 8.27. The molecule has 0 saturated carbocycles. The van der Waals surface area contributed by atoms with Crippen molar-refractivity contribution in [2.75, 3.05) is 5.75 Å². The number of sulfone groups is 1. The zero-order chi connectivity index (χ0) is 20.3. The number of aryl methyl sites for hydroxylation is 1. The average molecular weight is 408 g/mol. The maximum Gasteiger partial charge on any atom is 0.417 e. The van der Waals surface area contributed by atoms with E-state index in [9.17, 15) is 21.6 Å². The van der Waals surface area contributed by atoms with Gasteiger partial charge < -0.3 is 8.97 Å². The molecule has 0 N–H and O–H groups in total. The van der Waals surface area contributed by atoms with Gasteiger partial charge in [0.25, 0.3) is 0 Å². The second-order valence-corrected chi connectivity index (χ2v) is 8.56. The number of halogens is 3. The van der Waals surface area contributed by atoms with Crippen LogP contribution in [0.15, 0.2) is 47.6 Å². The Kier molecular flexibility index (Phi) is 4.00. The minimum absolute atomic E-state index is 0.0399. The second-order valence-electron chi connectivity index (χ2n) is 6.32. The molecule has 4 aromatic rings. The van der Waals surface area contributed by atoms with Gasteiger partial charge in [-0.3, -0.25) is 0 Å². The molecule has 0 spiro atoms. The first-order valence-corrected chi connectivity index (χ1v) is 10.0. The third kappa shape index (κ3) is 2.75. The molecule has 0 aliphatic carbocycles. The fourth-order valence-electron chi connectivity index (χ4n) is 3.15. The Morgan fingerprint density at radius 2 is 1.93 bits per heavy atom. The smallest absolute Gasteiger partial charge is 0.313 e. The molecular weight excluding hydrogens is 393 g/mol. The number of imidazole rings is 1. The van der Waals surface area contributed by atoms with Crippen LogP contribution in [-0.2, 0) is 23.1 Å². The molecule has 0 fully saturated rings. The molecule has 4 heterocycles. The van der Waals surface area contributed by atoms with Crippen LogP contribution >= 0.6 is 0 Å². The van der Waals surface area contributed by atoms with Crippen molar-refractivity contribution < 1.29 is 21.6 Å². The minimum Gasteiger partial charge on any atom is -0.313 e. The Morgan fingerprint density at radius 1 is 1.18 bits per heavy atom. The van der Waals surface area contributed by atoms with Crippen LogP contribution in [0.5, 0.6) is 0 Å². The van der Waals surface area contributed by atoms with Crippen LogP contribution in [0.25, 0.3) is 28.2 Å². The summed E-state index contributed by atoms with van der Waals surface area (Å²) in [6, 6.07) is 7.72. The summed E-state index contributed by atoms with van der Waals surface area (Å²) in [7, 11) is -2.01. The highest BCUT2D eigenvalue weighted by atomic mass is 32.2. The van der Waals surface area contributed by atoms with E-state index in [1.54, 1.807) is 41.9 Å². The molecule has 4 rings (SSSR count). The van der Waals surface area contributed by atoms with Crippen molar-refractivity contribution in [3.8, 4) is 11.5 Å². The van der Waals surface area contributed by atoms with Crippen LogP contribution < -0.4 is 0 Å². The Morgan fingerprint density at radius 3 is 2.61 bits per heavy atom. The summed E-state index contributed by atoms with van der Waals surface area (Å²) in [5.74, 6) is 0.108. The van der Waals surface area contributed by atoms with Crippen molar-refractivity contribution in [3.63, 3.8) is 0 Å². The van der Waals surface area contributed by atoms with Crippen molar-refractivity contribution in [3.05, 3.63) is 48.3 Å². The average Bonchev–Trinajstić information content (AvgIpc) is 3.19. The van der Waals surface area contributed by atoms with Crippen LogP contribution in [0.4, 0.5) is 13.2 Å². The Labute approximate surface area is 158 Å². The summed E-state index contributed by atoms with van der Waals surface area (Å²) in [5, 5.41) is 0. The molecule has 28 heavy (non-hydrogen) atoms. The van der Waals surface area contributed by atoms with Gasteiger partial charge in [-0.2, -0.15) is 13.2 Å². The first-order valence-electron chi connectivity index (χ1n) is 8.36. The molecule has 6 nitrogen and oxygen atoms in total. The van der Waals surface area contributed by atoms with E-state index in [0.717, 1.165) is 12.3 Å². The molecule has 0 aromatic carbocycles. The normalized spacial score (nSPS) is 12.9. The first-order chi connectivity index (χ1) is 13.1. The van der Waals surface area contributed by atoms with Gasteiger partial charge in [-0.05, 0) is 24.3 Å². The Hall–Kier alpha value is -2.88. The van der Waals surface area contributed by atoms with Gasteiger partial charge in [-0.1, -0.05) is 13.0 Å². The molecule has 146 valence electrons. The lowest BCUT2D eigenvalue weighted by atomic mass is 10.2. The van der Waals surface area contributed by atoms with Crippen molar-refractivity contribution in [1.29, 1.82) is 0 Å². The summed E-state index contributed by atoms with van der Waals surface area (Å²) >= 11 is 0. The molecule has 10 heteroatoms. The highest BCUT2D eigenvalue weighted by Crippen LogP contribution is 2.34. The molecule has 0 aliphatic rings. The summed E-state index contributed by atoms with van der Waals surface area (Å²) in [5.41, 5.74) is 0.296. The van der Waals surface area contributed by atoms with E-state index in [1.807, 2.05) is 0 Å². The zero-order valence-corrected chi connectivity index (χ0v) is 15.7. The number of hydrogen-bond donors (Lipinski definition) is 0. The first kappa shape index (κ1) is 18.5. The Balaban J connectivity index is 2.07. The van der Waals surface area contributed by atoms with Gasteiger partial charge >= 0.3 is 6.18 Å². The van der Waals surface area contributed by atoms with E-state index >= 15 is 0 Å². The number of nitrogens with zero attached hydrogens (tertiary/aromatic N) is 4. The molecule has 0 saturated heterocycles. The van der Waals surface area contributed by atoms with E-state index in [4.69, 9.17) is 0 Å². The van der Waals surface area contributed by atoms with E-state index in [1.165, 1.54) is 11.5 Å². The van der Waals surface area contributed by atoms with E-state index in [2.05, 4.69) is 9.97 Å². The SMILES string of the molecule is CCS(=O)(=O)c1cc2ccccn2c1-c1nc2cc(C(F)(F)F)cnc2n1C. The predicted octanol–water partition coefficient (Wildman–Crippen LogP) is 3.70. The van der Waals surface area contributed by atoms with Crippen LogP contribution in [0.2, 0.25) is 0 Å². The van der Waals surface area contributed by atoms with E-state index in [0.29, 0.717) is 11.2 Å². The predicted molar refractivity (Wildman–Crippen MR) is 97.6 cm³/mol. The molecule has 4 aromatic heterocycles. The summed E-state index contributed by atoms with van der Waals surface area (Å²) in [6.45, 7) is 1.54. The van der Waals surface area contributed by atoms with Crippen LogP contribution in [0, 0.1) is 0 Å². The zero-order valence-electron chi connectivity index (χ0n) is 14.9.